The Hall–Kier alpha value is -0.280. The molecule has 0 N–H and O–H groups in total. The molecule has 0 saturated heterocycles. The third-order valence-electron chi connectivity index (χ3n) is 1.95. The van der Waals surface area contributed by atoms with Crippen LogP contribution in [-0.2, 0) is 16.5 Å². The van der Waals surface area contributed by atoms with Gasteiger partial charge >= 0.3 is 0 Å². The summed E-state index contributed by atoms with van der Waals surface area (Å²) in [6, 6.07) is 6.21. The van der Waals surface area contributed by atoms with Crippen molar-refractivity contribution in [2.24, 2.45) is 0 Å². The first kappa shape index (κ1) is 11.8. The van der Waals surface area contributed by atoms with Gasteiger partial charge in [-0.05, 0) is 30.4 Å². The van der Waals surface area contributed by atoms with Gasteiger partial charge in [0.2, 0.25) is 0 Å². The maximum atomic E-state index is 11.0. The second kappa shape index (κ2) is 5.56. The summed E-state index contributed by atoms with van der Waals surface area (Å²) in [7, 11) is 0. The van der Waals surface area contributed by atoms with E-state index in [-0.39, 0.29) is 5.78 Å². The normalized spacial score (nSPS) is 10.2. The summed E-state index contributed by atoms with van der Waals surface area (Å²) in [5.74, 6) is 0.212. The molecule has 14 heavy (non-hydrogen) atoms. The van der Waals surface area contributed by atoms with E-state index in [4.69, 9.17) is 0 Å². The predicted molar refractivity (Wildman–Crippen MR) is 65.2 cm³/mol. The molecule has 1 nitrogen and oxygen atoms in total. The SMILES string of the molecule is CSc1cc(CC(C)=O)ccc1CBr. The first-order valence-electron chi connectivity index (χ1n) is 4.38. The number of hydrogen-bond acceptors (Lipinski definition) is 2. The molecule has 0 aliphatic rings. The number of thioether (sulfide) groups is 1. The van der Waals surface area contributed by atoms with Crippen molar-refractivity contribution in [1.29, 1.82) is 0 Å². The maximum absolute atomic E-state index is 11.0. The van der Waals surface area contributed by atoms with E-state index < -0.39 is 0 Å². The lowest BCUT2D eigenvalue weighted by Crippen LogP contribution is -1.97. The van der Waals surface area contributed by atoms with E-state index in [1.54, 1.807) is 18.7 Å². The van der Waals surface area contributed by atoms with Crippen LogP contribution in [0.1, 0.15) is 18.1 Å². The minimum atomic E-state index is 0.212. The van der Waals surface area contributed by atoms with E-state index in [1.165, 1.54) is 10.5 Å². The fourth-order valence-electron chi connectivity index (χ4n) is 1.30. The van der Waals surface area contributed by atoms with Gasteiger partial charge in [0.25, 0.3) is 0 Å². The van der Waals surface area contributed by atoms with Crippen LogP contribution in [0, 0.1) is 0 Å². The zero-order valence-corrected chi connectivity index (χ0v) is 10.7. The van der Waals surface area contributed by atoms with Gasteiger partial charge in [-0.25, -0.2) is 0 Å². The van der Waals surface area contributed by atoms with Gasteiger partial charge in [0.15, 0.2) is 0 Å². The topological polar surface area (TPSA) is 17.1 Å². The van der Waals surface area contributed by atoms with Crippen molar-refractivity contribution in [1.82, 2.24) is 0 Å². The predicted octanol–water partition coefficient (Wildman–Crippen LogP) is 3.43. The fraction of sp³-hybridized carbons (Fsp3) is 0.364. The number of Topliss-reactive ketones (excluding diaryl/α,β-unsaturated/α-hetero) is 1. The fourth-order valence-corrected chi connectivity index (χ4v) is 2.64. The molecule has 0 aromatic heterocycles. The van der Waals surface area contributed by atoms with Crippen molar-refractivity contribution in [2.75, 3.05) is 6.26 Å². The summed E-state index contributed by atoms with van der Waals surface area (Å²) in [4.78, 5) is 12.2. The number of alkyl halides is 1. The number of halogens is 1. The lowest BCUT2D eigenvalue weighted by molar-refractivity contribution is -0.116. The Bertz CT molecular complexity index is 336. The summed E-state index contributed by atoms with van der Waals surface area (Å²) in [5, 5.41) is 0.865. The number of benzene rings is 1. The minimum absolute atomic E-state index is 0.212. The molecular formula is C11H13BrOS. The summed E-state index contributed by atoms with van der Waals surface area (Å²) < 4.78 is 0. The second-order valence-electron chi connectivity index (χ2n) is 3.16. The third-order valence-corrected chi connectivity index (χ3v) is 3.37. The van der Waals surface area contributed by atoms with Crippen LogP contribution in [0.15, 0.2) is 23.1 Å². The van der Waals surface area contributed by atoms with E-state index >= 15 is 0 Å². The zero-order chi connectivity index (χ0) is 10.6. The number of rotatable bonds is 4. The summed E-state index contributed by atoms with van der Waals surface area (Å²) >= 11 is 5.16. The van der Waals surface area contributed by atoms with Gasteiger partial charge in [-0.3, -0.25) is 4.79 Å². The van der Waals surface area contributed by atoms with Gasteiger partial charge in [0, 0.05) is 16.6 Å². The smallest absolute Gasteiger partial charge is 0.134 e. The molecule has 3 heteroatoms. The Morgan fingerprint density at radius 1 is 1.50 bits per heavy atom. The molecule has 0 amide bonds. The first-order chi connectivity index (χ1) is 6.67. The number of carbonyl (C=O) groups is 1. The number of ketones is 1. The second-order valence-corrected chi connectivity index (χ2v) is 4.57. The van der Waals surface area contributed by atoms with Crippen molar-refractivity contribution in [3.05, 3.63) is 29.3 Å². The van der Waals surface area contributed by atoms with Crippen LogP contribution < -0.4 is 0 Å². The molecule has 0 unspecified atom stereocenters. The molecule has 0 heterocycles. The molecular weight excluding hydrogens is 260 g/mol. The molecule has 0 aliphatic carbocycles. The van der Waals surface area contributed by atoms with Gasteiger partial charge in [0.05, 0.1) is 0 Å². The van der Waals surface area contributed by atoms with Crippen molar-refractivity contribution in [3.63, 3.8) is 0 Å². The molecule has 0 aliphatic heterocycles. The van der Waals surface area contributed by atoms with Crippen molar-refractivity contribution in [2.45, 2.75) is 23.6 Å². The first-order valence-corrected chi connectivity index (χ1v) is 6.73. The Labute approximate surface area is 97.4 Å². The third kappa shape index (κ3) is 3.14. The van der Waals surface area contributed by atoms with Crippen LogP contribution in [0.5, 0.6) is 0 Å². The monoisotopic (exact) mass is 272 g/mol. The number of hydrogen-bond donors (Lipinski definition) is 0. The molecule has 0 bridgehead atoms. The highest BCUT2D eigenvalue weighted by Crippen LogP contribution is 2.24. The molecule has 0 fully saturated rings. The average Bonchev–Trinajstić information content (AvgIpc) is 2.16. The highest BCUT2D eigenvalue weighted by atomic mass is 79.9. The zero-order valence-electron chi connectivity index (χ0n) is 8.34. The summed E-state index contributed by atoms with van der Waals surface area (Å²) in [5.41, 5.74) is 2.39. The highest BCUT2D eigenvalue weighted by molar-refractivity contribution is 9.08. The van der Waals surface area contributed by atoms with E-state index in [0.717, 1.165) is 10.9 Å². The Morgan fingerprint density at radius 2 is 2.21 bits per heavy atom. The van der Waals surface area contributed by atoms with Gasteiger partial charge in [-0.15, -0.1) is 11.8 Å². The van der Waals surface area contributed by atoms with E-state index in [2.05, 4.69) is 34.3 Å². The van der Waals surface area contributed by atoms with Crippen molar-refractivity contribution >= 4 is 33.5 Å². The van der Waals surface area contributed by atoms with E-state index in [9.17, 15) is 4.79 Å². The standard InChI is InChI=1S/C11H13BrOS/c1-8(13)5-9-3-4-10(7-12)11(6-9)14-2/h3-4,6H,5,7H2,1-2H3. The van der Waals surface area contributed by atoms with Crippen molar-refractivity contribution < 1.29 is 4.79 Å². The van der Waals surface area contributed by atoms with E-state index in [1.807, 2.05) is 6.07 Å². The minimum Gasteiger partial charge on any atom is -0.300 e. The molecule has 0 atom stereocenters. The number of carbonyl (C=O) groups excluding carboxylic acids is 1. The van der Waals surface area contributed by atoms with Crippen LogP contribution in [0.2, 0.25) is 0 Å². The van der Waals surface area contributed by atoms with Crippen molar-refractivity contribution in [3.8, 4) is 0 Å². The quantitative estimate of drug-likeness (QED) is 0.617. The van der Waals surface area contributed by atoms with Gasteiger partial charge in [0.1, 0.15) is 5.78 Å². The van der Waals surface area contributed by atoms with Gasteiger partial charge in [-0.2, -0.15) is 0 Å². The van der Waals surface area contributed by atoms with Gasteiger partial charge in [-0.1, -0.05) is 28.1 Å². The van der Waals surface area contributed by atoms with E-state index in [0.29, 0.717) is 6.42 Å². The Morgan fingerprint density at radius 3 is 2.71 bits per heavy atom. The van der Waals surface area contributed by atoms with Crippen LogP contribution in [0.4, 0.5) is 0 Å². The molecule has 1 rings (SSSR count). The molecule has 0 saturated carbocycles. The van der Waals surface area contributed by atoms with Crippen LogP contribution in [0.25, 0.3) is 0 Å². The molecule has 1 aromatic carbocycles. The summed E-state index contributed by atoms with van der Waals surface area (Å²) in [6.45, 7) is 1.62. The average molecular weight is 273 g/mol. The molecule has 0 spiro atoms. The lowest BCUT2D eigenvalue weighted by atomic mass is 10.1. The molecule has 1 aromatic rings. The molecule has 0 radical (unpaired) electrons. The van der Waals surface area contributed by atoms with Crippen LogP contribution >= 0.6 is 27.7 Å². The van der Waals surface area contributed by atoms with Crippen LogP contribution in [-0.4, -0.2) is 12.0 Å². The Balaban J connectivity index is 2.95. The largest absolute Gasteiger partial charge is 0.300 e. The highest BCUT2D eigenvalue weighted by Gasteiger charge is 2.03. The maximum Gasteiger partial charge on any atom is 0.134 e. The molecule has 76 valence electrons. The summed E-state index contributed by atoms with van der Waals surface area (Å²) in [6.07, 6.45) is 2.59. The Kier molecular flexibility index (Phi) is 4.69. The van der Waals surface area contributed by atoms with Gasteiger partial charge < -0.3 is 0 Å². The lowest BCUT2D eigenvalue weighted by Gasteiger charge is -2.06. The van der Waals surface area contributed by atoms with Crippen LogP contribution in [0.3, 0.4) is 0 Å².